The first-order valence-corrected chi connectivity index (χ1v) is 10.5. The van der Waals surface area contributed by atoms with E-state index in [1.165, 1.54) is 20.9 Å². The van der Waals surface area contributed by atoms with Crippen LogP contribution in [0.25, 0.3) is 15.8 Å². The number of hydrogen-bond donors (Lipinski definition) is 3. The molecule has 0 saturated carbocycles. The summed E-state index contributed by atoms with van der Waals surface area (Å²) in [6.45, 7) is 5.18. The van der Waals surface area contributed by atoms with E-state index in [9.17, 15) is 9.90 Å². The Labute approximate surface area is 170 Å². The molecule has 0 radical (unpaired) electrons. The lowest BCUT2D eigenvalue weighted by molar-refractivity contribution is -0.122. The molecule has 0 spiro atoms. The zero-order chi connectivity index (χ0) is 19.5. The van der Waals surface area contributed by atoms with Crippen LogP contribution in [0.1, 0.15) is 29.9 Å². The van der Waals surface area contributed by atoms with Crippen molar-refractivity contribution < 1.29 is 9.90 Å². The van der Waals surface area contributed by atoms with Gasteiger partial charge in [0.15, 0.2) is 5.11 Å². The van der Waals surface area contributed by atoms with Gasteiger partial charge in [-0.3, -0.25) is 4.79 Å². The molecule has 0 atom stereocenters. The van der Waals surface area contributed by atoms with E-state index in [1.807, 2.05) is 13.1 Å². The maximum atomic E-state index is 12.1. The van der Waals surface area contributed by atoms with E-state index >= 15 is 0 Å². The molecule has 1 fully saturated rings. The molecule has 6 nitrogen and oxygen atoms in total. The predicted molar refractivity (Wildman–Crippen MR) is 115 cm³/mol. The maximum absolute atomic E-state index is 12.1. The summed E-state index contributed by atoms with van der Waals surface area (Å²) in [4.78, 5) is 17.7. The Morgan fingerprint density at radius 1 is 1.33 bits per heavy atom. The van der Waals surface area contributed by atoms with Crippen molar-refractivity contribution in [2.75, 3.05) is 25.1 Å². The van der Waals surface area contributed by atoms with Crippen LogP contribution in [0.2, 0.25) is 0 Å². The quantitative estimate of drug-likeness (QED) is 0.305. The van der Waals surface area contributed by atoms with Crippen LogP contribution in [0.3, 0.4) is 0 Å². The molecule has 0 unspecified atom stereocenters. The number of anilines is 1. The lowest BCUT2D eigenvalue weighted by Gasteiger charge is -2.20. The Bertz CT molecular complexity index is 989. The van der Waals surface area contributed by atoms with Gasteiger partial charge < -0.3 is 15.3 Å². The minimum Gasteiger partial charge on any atom is -0.395 e. The average Bonchev–Trinajstić information content (AvgIpc) is 3.32. The van der Waals surface area contributed by atoms with Crippen LogP contribution >= 0.6 is 34.9 Å². The molecular formula is C18H20N4O2S3. The van der Waals surface area contributed by atoms with Crippen LogP contribution in [-0.2, 0) is 10.2 Å². The number of thiocarbonyl (C=S) groups is 1. The van der Waals surface area contributed by atoms with E-state index in [1.54, 1.807) is 22.7 Å². The van der Waals surface area contributed by atoms with Gasteiger partial charge in [0.1, 0.15) is 5.70 Å². The van der Waals surface area contributed by atoms with Crippen molar-refractivity contribution >= 4 is 57.0 Å². The van der Waals surface area contributed by atoms with Crippen molar-refractivity contribution in [3.8, 4) is 9.75 Å². The number of nitrogens with two attached hydrogens (primary N) is 1. The van der Waals surface area contributed by atoms with E-state index in [4.69, 9.17) is 18.1 Å². The Morgan fingerprint density at radius 2 is 2.00 bits per heavy atom. The van der Waals surface area contributed by atoms with Crippen LogP contribution in [0.15, 0.2) is 17.8 Å². The average molecular weight is 421 g/mol. The normalized spacial score (nSPS) is 18.9. The fourth-order valence-electron chi connectivity index (χ4n) is 3.41. The number of nitrogens with one attached hydrogen (secondary N) is 1. The molecule has 27 heavy (non-hydrogen) atoms. The van der Waals surface area contributed by atoms with Crippen LogP contribution < -0.4 is 16.1 Å². The maximum Gasteiger partial charge on any atom is 0.290 e. The molecule has 1 saturated heterocycles. The molecule has 0 bridgehead atoms. The van der Waals surface area contributed by atoms with Gasteiger partial charge in [-0.1, -0.05) is 13.8 Å². The molecule has 0 aromatic carbocycles. The lowest BCUT2D eigenvalue weighted by atomic mass is 9.84. The van der Waals surface area contributed by atoms with Crippen LogP contribution in [-0.4, -0.2) is 41.3 Å². The van der Waals surface area contributed by atoms with Gasteiger partial charge in [-0.05, 0) is 41.6 Å². The standard InChI is InChI=1S/C18H20N4O2S3/c1-18(2)10-6-9(7-12-16(24)22(19)17(25)20-12)26-14(10)15-11(18)8-13(27-15)21(3)4-5-23/h6-8,23H,4-5,19H2,1-3H3,(H,20,25)/b12-7-. The Kier molecular flexibility index (Phi) is 4.39. The highest BCUT2D eigenvalue weighted by molar-refractivity contribution is 7.80. The summed E-state index contributed by atoms with van der Waals surface area (Å²) in [5.74, 6) is 5.30. The molecule has 1 aliphatic carbocycles. The first-order valence-electron chi connectivity index (χ1n) is 8.47. The van der Waals surface area contributed by atoms with E-state index in [-0.39, 0.29) is 23.0 Å². The summed E-state index contributed by atoms with van der Waals surface area (Å²) in [5, 5.41) is 14.4. The van der Waals surface area contributed by atoms with Gasteiger partial charge in [0, 0.05) is 28.8 Å². The Hall–Kier alpha value is -1.78. The molecular weight excluding hydrogens is 400 g/mol. The zero-order valence-electron chi connectivity index (χ0n) is 15.2. The molecule has 142 valence electrons. The predicted octanol–water partition coefficient (Wildman–Crippen LogP) is 2.48. The Morgan fingerprint density at radius 3 is 2.63 bits per heavy atom. The second-order valence-electron chi connectivity index (χ2n) is 7.15. The van der Waals surface area contributed by atoms with Crippen LogP contribution in [0.4, 0.5) is 5.00 Å². The minimum atomic E-state index is -0.322. The summed E-state index contributed by atoms with van der Waals surface area (Å²) in [7, 11) is 1.99. The molecule has 2 aliphatic rings. The van der Waals surface area contributed by atoms with Crippen molar-refractivity contribution in [3.05, 3.63) is 33.8 Å². The first-order chi connectivity index (χ1) is 12.7. The molecule has 9 heteroatoms. The fourth-order valence-corrected chi connectivity index (χ4v) is 6.33. The third-order valence-corrected chi connectivity index (χ3v) is 7.83. The number of fused-ring (bicyclic) bond motifs is 3. The van der Waals surface area contributed by atoms with Gasteiger partial charge >= 0.3 is 0 Å². The molecule has 2 aromatic heterocycles. The minimum absolute atomic E-state index is 0.102. The molecule has 4 rings (SSSR count). The number of aliphatic hydroxyl groups is 1. The number of likely N-dealkylation sites (N-methyl/N-ethyl adjacent to an activating group) is 1. The smallest absolute Gasteiger partial charge is 0.290 e. The number of hydrazine groups is 1. The molecule has 4 N–H and O–H groups in total. The summed E-state index contributed by atoms with van der Waals surface area (Å²) in [5.41, 5.74) is 2.89. The van der Waals surface area contributed by atoms with E-state index < -0.39 is 0 Å². The third kappa shape index (κ3) is 2.81. The molecule has 1 aliphatic heterocycles. The summed E-state index contributed by atoms with van der Waals surface area (Å²) in [6, 6.07) is 4.38. The van der Waals surface area contributed by atoms with Gasteiger partial charge in [-0.2, -0.15) is 0 Å². The number of nitrogens with zero attached hydrogens (tertiary/aromatic N) is 2. The highest BCUT2D eigenvalue weighted by Crippen LogP contribution is 2.57. The number of hydrogen-bond acceptors (Lipinski definition) is 7. The second-order valence-corrected chi connectivity index (χ2v) is 9.65. The molecule has 2 aromatic rings. The van der Waals surface area contributed by atoms with Gasteiger partial charge in [0.2, 0.25) is 0 Å². The summed E-state index contributed by atoms with van der Waals surface area (Å²) in [6.07, 6.45) is 1.81. The number of aliphatic hydroxyl groups excluding tert-OH is 1. The Balaban J connectivity index is 1.73. The third-order valence-electron chi connectivity index (χ3n) is 5.03. The van der Waals surface area contributed by atoms with Crippen molar-refractivity contribution in [3.63, 3.8) is 0 Å². The van der Waals surface area contributed by atoms with Crippen LogP contribution in [0, 0.1) is 0 Å². The molecule has 3 heterocycles. The van der Waals surface area contributed by atoms with Crippen molar-refractivity contribution in [2.45, 2.75) is 19.3 Å². The van der Waals surface area contributed by atoms with Crippen LogP contribution in [0.5, 0.6) is 0 Å². The van der Waals surface area contributed by atoms with Crippen molar-refractivity contribution in [1.82, 2.24) is 10.3 Å². The zero-order valence-corrected chi connectivity index (χ0v) is 17.6. The topological polar surface area (TPSA) is 81.8 Å². The highest BCUT2D eigenvalue weighted by atomic mass is 32.1. The monoisotopic (exact) mass is 420 g/mol. The number of carbonyl (C=O) groups excluding carboxylic acids is 1. The highest BCUT2D eigenvalue weighted by Gasteiger charge is 2.39. The first kappa shape index (κ1) is 18.6. The number of rotatable bonds is 4. The fraction of sp³-hybridized carbons (Fsp3) is 0.333. The lowest BCUT2D eigenvalue weighted by Crippen LogP contribution is -2.36. The summed E-state index contributed by atoms with van der Waals surface area (Å²) >= 11 is 8.44. The van der Waals surface area contributed by atoms with Gasteiger partial charge in [-0.25, -0.2) is 10.9 Å². The SMILES string of the molecule is CN(CCO)c1cc2c(s1)-c1sc(/C=C3\NC(=S)N(N)C3=O)cc1C2(C)C. The molecule has 1 amide bonds. The number of amides is 1. The van der Waals surface area contributed by atoms with E-state index in [0.717, 1.165) is 14.9 Å². The van der Waals surface area contributed by atoms with Crippen molar-refractivity contribution in [1.29, 1.82) is 0 Å². The van der Waals surface area contributed by atoms with Gasteiger partial charge in [0.25, 0.3) is 5.91 Å². The van der Waals surface area contributed by atoms with E-state index in [2.05, 4.69) is 36.2 Å². The van der Waals surface area contributed by atoms with E-state index in [0.29, 0.717) is 12.2 Å². The van der Waals surface area contributed by atoms with Gasteiger partial charge in [-0.15, -0.1) is 22.7 Å². The van der Waals surface area contributed by atoms with Crippen molar-refractivity contribution in [2.24, 2.45) is 5.84 Å². The number of thiophene rings is 2. The number of carbonyl (C=O) groups is 1. The largest absolute Gasteiger partial charge is 0.395 e. The second kappa shape index (κ2) is 6.39. The summed E-state index contributed by atoms with van der Waals surface area (Å²) < 4.78 is 0. The van der Waals surface area contributed by atoms with Gasteiger partial charge in [0.05, 0.1) is 16.5 Å².